The molecule has 1 atom stereocenters. The minimum Gasteiger partial charge on any atom is -0.466 e. The molecule has 5 nitrogen and oxygen atoms in total. The Hall–Kier alpha value is -2.18. The fourth-order valence-corrected chi connectivity index (χ4v) is 5.17. The summed E-state index contributed by atoms with van der Waals surface area (Å²) in [6.07, 6.45) is 1.75. The average Bonchev–Trinajstić information content (AvgIpc) is 3.17. The van der Waals surface area contributed by atoms with Crippen LogP contribution in [0.4, 0.5) is 5.82 Å². The summed E-state index contributed by atoms with van der Waals surface area (Å²) in [6, 6.07) is 8.68. The van der Waals surface area contributed by atoms with E-state index in [0.717, 1.165) is 46.5 Å². The second-order valence-corrected chi connectivity index (χ2v) is 9.16. The van der Waals surface area contributed by atoms with Crippen LogP contribution in [0.3, 0.4) is 0 Å². The van der Waals surface area contributed by atoms with Crippen molar-refractivity contribution in [3.05, 3.63) is 40.5 Å². The summed E-state index contributed by atoms with van der Waals surface area (Å²) in [5.41, 5.74) is 3.55. The molecule has 0 radical (unpaired) electrons. The highest BCUT2D eigenvalue weighted by Gasteiger charge is 2.29. The fourth-order valence-electron chi connectivity index (χ4n) is 4.01. The molecule has 1 aliphatic heterocycles. The van der Waals surface area contributed by atoms with Crippen LogP contribution in [0.2, 0.25) is 5.28 Å². The van der Waals surface area contributed by atoms with E-state index in [-0.39, 0.29) is 17.2 Å². The molecule has 0 amide bonds. The van der Waals surface area contributed by atoms with Gasteiger partial charge in [-0.25, -0.2) is 4.98 Å². The van der Waals surface area contributed by atoms with E-state index in [1.165, 1.54) is 5.56 Å². The van der Waals surface area contributed by atoms with Gasteiger partial charge >= 0.3 is 5.97 Å². The number of halogens is 1. The number of esters is 1. The zero-order valence-electron chi connectivity index (χ0n) is 17.5. The molecule has 0 saturated carbocycles. The Morgan fingerprint density at radius 2 is 2.07 bits per heavy atom. The van der Waals surface area contributed by atoms with E-state index in [1.54, 1.807) is 11.3 Å². The molecule has 1 fully saturated rings. The van der Waals surface area contributed by atoms with Gasteiger partial charge in [-0.3, -0.25) is 4.79 Å². The van der Waals surface area contributed by atoms with E-state index in [1.807, 2.05) is 6.92 Å². The minimum atomic E-state index is -0.144. The van der Waals surface area contributed by atoms with Crippen LogP contribution in [0, 0.1) is 5.92 Å². The first kappa shape index (κ1) is 21.1. The molecule has 0 aliphatic carbocycles. The van der Waals surface area contributed by atoms with Gasteiger partial charge in [0.2, 0.25) is 5.28 Å². The zero-order chi connectivity index (χ0) is 21.3. The van der Waals surface area contributed by atoms with Gasteiger partial charge in [0.15, 0.2) is 0 Å². The summed E-state index contributed by atoms with van der Waals surface area (Å²) < 4.78 is 5.26. The van der Waals surface area contributed by atoms with Crippen molar-refractivity contribution in [3.8, 4) is 11.1 Å². The number of ether oxygens (including phenoxy) is 1. The maximum atomic E-state index is 12.3. The number of anilines is 1. The maximum Gasteiger partial charge on any atom is 0.310 e. The highest BCUT2D eigenvalue weighted by Crippen LogP contribution is 2.40. The zero-order valence-corrected chi connectivity index (χ0v) is 19.1. The number of hydrogen-bond donors (Lipinski definition) is 0. The number of thiophene rings is 1. The molecule has 1 aromatic carbocycles. The summed E-state index contributed by atoms with van der Waals surface area (Å²) in [7, 11) is 0. The highest BCUT2D eigenvalue weighted by atomic mass is 35.5. The van der Waals surface area contributed by atoms with Crippen LogP contribution >= 0.6 is 22.9 Å². The van der Waals surface area contributed by atoms with Crippen molar-refractivity contribution in [1.82, 2.24) is 9.97 Å². The lowest BCUT2D eigenvalue weighted by molar-refractivity contribution is -0.148. The molecule has 158 valence electrons. The van der Waals surface area contributed by atoms with Gasteiger partial charge in [-0.05, 0) is 48.4 Å². The Kier molecular flexibility index (Phi) is 6.25. The van der Waals surface area contributed by atoms with Crippen molar-refractivity contribution in [2.45, 2.75) is 39.5 Å². The molecule has 0 spiro atoms. The minimum absolute atomic E-state index is 0.131. The molecule has 1 saturated heterocycles. The van der Waals surface area contributed by atoms with Crippen molar-refractivity contribution in [1.29, 1.82) is 0 Å². The third-order valence-electron chi connectivity index (χ3n) is 5.62. The largest absolute Gasteiger partial charge is 0.466 e. The molecule has 7 heteroatoms. The third-order valence-corrected chi connectivity index (χ3v) is 6.66. The van der Waals surface area contributed by atoms with Crippen LogP contribution in [-0.2, 0) is 9.53 Å². The SMILES string of the molecule is CCOC(=O)C1CCCN(c2nc(Cl)nc3scc(-c4ccc(C(C)C)cc4)c23)C1. The third kappa shape index (κ3) is 4.16. The van der Waals surface area contributed by atoms with Crippen molar-refractivity contribution in [3.63, 3.8) is 0 Å². The van der Waals surface area contributed by atoms with Gasteiger partial charge in [0, 0.05) is 24.0 Å². The van der Waals surface area contributed by atoms with Crippen molar-refractivity contribution >= 4 is 44.9 Å². The summed E-state index contributed by atoms with van der Waals surface area (Å²) >= 11 is 7.84. The van der Waals surface area contributed by atoms with E-state index in [4.69, 9.17) is 16.3 Å². The van der Waals surface area contributed by atoms with Gasteiger partial charge in [0.05, 0.1) is 17.9 Å². The van der Waals surface area contributed by atoms with E-state index in [9.17, 15) is 4.79 Å². The number of benzene rings is 1. The fraction of sp³-hybridized carbons (Fsp3) is 0.435. The lowest BCUT2D eigenvalue weighted by Gasteiger charge is -2.33. The van der Waals surface area contributed by atoms with Crippen LogP contribution in [0.1, 0.15) is 45.1 Å². The smallest absolute Gasteiger partial charge is 0.310 e. The maximum absolute atomic E-state index is 12.3. The molecule has 0 bridgehead atoms. The van der Waals surface area contributed by atoms with Gasteiger partial charge in [0.25, 0.3) is 0 Å². The van der Waals surface area contributed by atoms with Gasteiger partial charge in [-0.2, -0.15) is 4.98 Å². The van der Waals surface area contributed by atoms with Crippen LogP contribution in [-0.4, -0.2) is 35.6 Å². The summed E-state index contributed by atoms with van der Waals surface area (Å²) in [5, 5.41) is 3.36. The Labute approximate surface area is 186 Å². The Balaban J connectivity index is 1.74. The Morgan fingerprint density at radius 1 is 1.30 bits per heavy atom. The predicted molar refractivity (Wildman–Crippen MR) is 124 cm³/mol. The lowest BCUT2D eigenvalue weighted by atomic mass is 9.97. The number of rotatable bonds is 5. The van der Waals surface area contributed by atoms with E-state index in [0.29, 0.717) is 19.1 Å². The second-order valence-electron chi connectivity index (χ2n) is 7.96. The molecule has 2 aromatic heterocycles. The van der Waals surface area contributed by atoms with Crippen LogP contribution in [0.5, 0.6) is 0 Å². The Morgan fingerprint density at radius 3 is 2.77 bits per heavy atom. The van der Waals surface area contributed by atoms with Crippen molar-refractivity contribution in [2.24, 2.45) is 5.92 Å². The normalized spacial score (nSPS) is 17.0. The molecule has 0 N–H and O–H groups in total. The summed E-state index contributed by atoms with van der Waals surface area (Å²) in [5.74, 6) is 1.02. The number of carbonyl (C=O) groups excluding carboxylic acids is 1. The topological polar surface area (TPSA) is 55.3 Å². The quantitative estimate of drug-likeness (QED) is 0.362. The summed E-state index contributed by atoms with van der Waals surface area (Å²) in [4.78, 5) is 24.4. The van der Waals surface area contributed by atoms with Gasteiger partial charge < -0.3 is 9.64 Å². The van der Waals surface area contributed by atoms with Gasteiger partial charge in [0.1, 0.15) is 10.6 Å². The first-order valence-electron chi connectivity index (χ1n) is 10.4. The van der Waals surface area contributed by atoms with Gasteiger partial charge in [-0.15, -0.1) is 11.3 Å². The summed E-state index contributed by atoms with van der Waals surface area (Å²) in [6.45, 7) is 8.05. The number of aromatic nitrogens is 2. The highest BCUT2D eigenvalue weighted by molar-refractivity contribution is 7.17. The standard InChI is InChI=1S/C23H26ClN3O2S/c1-4-29-22(28)17-6-5-11-27(12-17)20-19-18(13-30-21(19)26-23(24)25-20)16-9-7-15(8-10-16)14(2)3/h7-10,13-14,17H,4-6,11-12H2,1-3H3. The number of fused-ring (bicyclic) bond motifs is 1. The number of piperidine rings is 1. The number of hydrogen-bond acceptors (Lipinski definition) is 6. The van der Waals surface area contributed by atoms with Crippen LogP contribution in [0.15, 0.2) is 29.6 Å². The first-order chi connectivity index (χ1) is 14.5. The molecule has 4 rings (SSSR count). The molecular weight excluding hydrogens is 418 g/mol. The first-order valence-corrected chi connectivity index (χ1v) is 11.7. The van der Waals surface area contributed by atoms with Crippen molar-refractivity contribution in [2.75, 3.05) is 24.6 Å². The van der Waals surface area contributed by atoms with E-state index < -0.39 is 0 Å². The van der Waals surface area contributed by atoms with E-state index in [2.05, 4.69) is 58.4 Å². The molecular formula is C23H26ClN3O2S. The monoisotopic (exact) mass is 443 g/mol. The second kappa shape index (κ2) is 8.90. The average molecular weight is 444 g/mol. The van der Waals surface area contributed by atoms with Crippen molar-refractivity contribution < 1.29 is 9.53 Å². The molecule has 30 heavy (non-hydrogen) atoms. The Bertz CT molecular complexity index is 1050. The predicted octanol–water partition coefficient (Wildman–Crippen LogP) is 5.91. The van der Waals surface area contributed by atoms with E-state index >= 15 is 0 Å². The molecule has 3 heterocycles. The lowest BCUT2D eigenvalue weighted by Crippen LogP contribution is -2.40. The van der Waals surface area contributed by atoms with Gasteiger partial charge in [-0.1, -0.05) is 38.1 Å². The van der Waals surface area contributed by atoms with Crippen LogP contribution in [0.25, 0.3) is 21.3 Å². The molecule has 1 unspecified atom stereocenters. The molecule has 3 aromatic rings. The van der Waals surface area contributed by atoms with Crippen LogP contribution < -0.4 is 4.90 Å². The number of nitrogens with zero attached hydrogens (tertiary/aromatic N) is 3. The number of carbonyl (C=O) groups is 1. The molecule has 1 aliphatic rings.